The van der Waals surface area contributed by atoms with E-state index < -0.39 is 0 Å². The lowest BCUT2D eigenvalue weighted by molar-refractivity contribution is -0.121. The lowest BCUT2D eigenvalue weighted by atomic mass is 10.1. The highest BCUT2D eigenvalue weighted by molar-refractivity contribution is 6.17. The molecule has 0 atom stereocenters. The van der Waals surface area contributed by atoms with Crippen molar-refractivity contribution < 1.29 is 9.59 Å². The number of nitrogens with one attached hydrogen (secondary N) is 2. The first kappa shape index (κ1) is 16.5. The summed E-state index contributed by atoms with van der Waals surface area (Å²) in [5.74, 6) is 0.563. The SMILES string of the molecule is CC(C)CNC(=O)CCNC(=O)c1cccc(CCl)c1. The summed E-state index contributed by atoms with van der Waals surface area (Å²) in [6, 6.07) is 7.14. The third-order valence-electron chi connectivity index (χ3n) is 2.69. The summed E-state index contributed by atoms with van der Waals surface area (Å²) in [5, 5.41) is 5.53. The molecule has 0 radical (unpaired) electrons. The second-order valence-corrected chi connectivity index (χ2v) is 5.31. The predicted octanol–water partition coefficient (Wildman–Crippen LogP) is 2.32. The molecule has 0 aliphatic rings. The van der Waals surface area contributed by atoms with Crippen LogP contribution in [-0.4, -0.2) is 24.9 Å². The van der Waals surface area contributed by atoms with Gasteiger partial charge >= 0.3 is 0 Å². The fourth-order valence-electron chi connectivity index (χ4n) is 1.59. The third kappa shape index (κ3) is 6.06. The molecule has 110 valence electrons. The van der Waals surface area contributed by atoms with Crippen LogP contribution in [0, 0.1) is 5.92 Å². The number of alkyl halides is 1. The smallest absolute Gasteiger partial charge is 0.251 e. The topological polar surface area (TPSA) is 58.2 Å². The van der Waals surface area contributed by atoms with Crippen LogP contribution in [0.15, 0.2) is 24.3 Å². The van der Waals surface area contributed by atoms with Gasteiger partial charge in [0, 0.05) is 31.0 Å². The number of halogens is 1. The minimum atomic E-state index is -0.186. The molecule has 5 heteroatoms. The third-order valence-corrected chi connectivity index (χ3v) is 3.00. The Bertz CT molecular complexity index is 461. The normalized spacial score (nSPS) is 10.4. The van der Waals surface area contributed by atoms with Crippen molar-refractivity contribution in [2.75, 3.05) is 13.1 Å². The van der Waals surface area contributed by atoms with Gasteiger partial charge in [-0.05, 0) is 23.6 Å². The molecule has 4 nitrogen and oxygen atoms in total. The van der Waals surface area contributed by atoms with Crippen LogP contribution in [0.1, 0.15) is 36.2 Å². The number of rotatable bonds is 7. The molecule has 0 saturated carbocycles. The summed E-state index contributed by atoms with van der Waals surface area (Å²) in [6.45, 7) is 5.05. The van der Waals surface area contributed by atoms with Crippen LogP contribution in [0.5, 0.6) is 0 Å². The molecule has 0 heterocycles. The maximum absolute atomic E-state index is 11.9. The van der Waals surface area contributed by atoms with Gasteiger partial charge in [-0.25, -0.2) is 0 Å². The second kappa shape index (κ2) is 8.59. The highest BCUT2D eigenvalue weighted by Gasteiger charge is 2.07. The van der Waals surface area contributed by atoms with Gasteiger partial charge in [-0.3, -0.25) is 9.59 Å². The Hall–Kier alpha value is -1.55. The van der Waals surface area contributed by atoms with Crippen LogP contribution < -0.4 is 10.6 Å². The number of hydrogen-bond donors (Lipinski definition) is 2. The Balaban J connectivity index is 2.34. The highest BCUT2D eigenvalue weighted by Crippen LogP contribution is 2.07. The zero-order valence-corrected chi connectivity index (χ0v) is 12.7. The first-order chi connectivity index (χ1) is 9.52. The van der Waals surface area contributed by atoms with E-state index in [4.69, 9.17) is 11.6 Å². The van der Waals surface area contributed by atoms with Crippen molar-refractivity contribution in [1.29, 1.82) is 0 Å². The summed E-state index contributed by atoms with van der Waals surface area (Å²) in [6.07, 6.45) is 0.285. The molecular weight excluding hydrogens is 276 g/mol. The Morgan fingerprint density at radius 3 is 2.65 bits per heavy atom. The summed E-state index contributed by atoms with van der Waals surface area (Å²) < 4.78 is 0. The summed E-state index contributed by atoms with van der Waals surface area (Å²) in [4.78, 5) is 23.4. The number of carbonyl (C=O) groups is 2. The molecule has 2 N–H and O–H groups in total. The lowest BCUT2D eigenvalue weighted by Crippen LogP contribution is -2.32. The molecule has 1 aromatic carbocycles. The van der Waals surface area contributed by atoms with E-state index in [9.17, 15) is 9.59 Å². The van der Waals surface area contributed by atoms with Gasteiger partial charge < -0.3 is 10.6 Å². The molecule has 1 rings (SSSR count). The first-order valence-electron chi connectivity index (χ1n) is 6.72. The monoisotopic (exact) mass is 296 g/mol. The van der Waals surface area contributed by atoms with Crippen LogP contribution in [0.2, 0.25) is 0 Å². The van der Waals surface area contributed by atoms with Crippen molar-refractivity contribution in [1.82, 2.24) is 10.6 Å². The molecule has 0 unspecified atom stereocenters. The molecule has 2 amide bonds. The quantitative estimate of drug-likeness (QED) is 0.759. The first-order valence-corrected chi connectivity index (χ1v) is 7.26. The van der Waals surface area contributed by atoms with Gasteiger partial charge in [0.05, 0.1) is 0 Å². The molecule has 0 aliphatic carbocycles. The predicted molar refractivity (Wildman–Crippen MR) is 80.8 cm³/mol. The fourth-order valence-corrected chi connectivity index (χ4v) is 1.76. The van der Waals surface area contributed by atoms with Crippen molar-refractivity contribution in [2.24, 2.45) is 5.92 Å². The molecule has 1 aromatic rings. The van der Waals surface area contributed by atoms with Crippen LogP contribution in [0.4, 0.5) is 0 Å². The summed E-state index contributed by atoms with van der Waals surface area (Å²) in [5.41, 5.74) is 1.46. The van der Waals surface area contributed by atoms with E-state index in [0.29, 0.717) is 30.5 Å². The van der Waals surface area contributed by atoms with Crippen molar-refractivity contribution in [2.45, 2.75) is 26.1 Å². The fraction of sp³-hybridized carbons (Fsp3) is 0.467. The van der Waals surface area contributed by atoms with Gasteiger partial charge in [-0.2, -0.15) is 0 Å². The van der Waals surface area contributed by atoms with Gasteiger partial charge in [0.25, 0.3) is 5.91 Å². The van der Waals surface area contributed by atoms with E-state index in [1.54, 1.807) is 18.2 Å². The molecule has 0 aromatic heterocycles. The number of benzene rings is 1. The molecule has 20 heavy (non-hydrogen) atoms. The van der Waals surface area contributed by atoms with Crippen LogP contribution >= 0.6 is 11.6 Å². The number of carbonyl (C=O) groups excluding carboxylic acids is 2. The van der Waals surface area contributed by atoms with Gasteiger partial charge in [-0.1, -0.05) is 26.0 Å². The zero-order valence-electron chi connectivity index (χ0n) is 11.9. The number of hydrogen-bond acceptors (Lipinski definition) is 2. The zero-order chi connectivity index (χ0) is 15.0. The molecule has 0 aliphatic heterocycles. The maximum atomic E-state index is 11.9. The van der Waals surface area contributed by atoms with E-state index in [1.165, 1.54) is 0 Å². The van der Waals surface area contributed by atoms with Crippen LogP contribution in [0.25, 0.3) is 0 Å². The largest absolute Gasteiger partial charge is 0.356 e. The van der Waals surface area contributed by atoms with E-state index in [0.717, 1.165) is 5.56 Å². The van der Waals surface area contributed by atoms with Crippen LogP contribution in [0.3, 0.4) is 0 Å². The van der Waals surface area contributed by atoms with Crippen molar-refractivity contribution in [3.05, 3.63) is 35.4 Å². The summed E-state index contributed by atoms with van der Waals surface area (Å²) >= 11 is 5.73. The minimum Gasteiger partial charge on any atom is -0.356 e. The second-order valence-electron chi connectivity index (χ2n) is 5.04. The average Bonchev–Trinajstić information content (AvgIpc) is 2.45. The molecular formula is C15H21ClN2O2. The standard InChI is InChI=1S/C15H21ClN2O2/c1-11(2)10-18-14(19)6-7-17-15(20)13-5-3-4-12(8-13)9-16/h3-5,8,11H,6-7,9-10H2,1-2H3,(H,17,20)(H,18,19). The van der Waals surface area contributed by atoms with Crippen molar-refractivity contribution in [3.8, 4) is 0 Å². The molecule has 0 fully saturated rings. The van der Waals surface area contributed by atoms with E-state index in [1.807, 2.05) is 19.9 Å². The molecule has 0 saturated heterocycles. The van der Waals surface area contributed by atoms with E-state index in [-0.39, 0.29) is 18.2 Å². The van der Waals surface area contributed by atoms with Crippen molar-refractivity contribution in [3.63, 3.8) is 0 Å². The lowest BCUT2D eigenvalue weighted by Gasteiger charge is -2.08. The highest BCUT2D eigenvalue weighted by atomic mass is 35.5. The Morgan fingerprint density at radius 2 is 2.00 bits per heavy atom. The van der Waals surface area contributed by atoms with Gasteiger partial charge in [-0.15, -0.1) is 11.6 Å². The van der Waals surface area contributed by atoms with Crippen molar-refractivity contribution >= 4 is 23.4 Å². The van der Waals surface area contributed by atoms with Gasteiger partial charge in [0.15, 0.2) is 0 Å². The Labute approximate surface area is 124 Å². The van der Waals surface area contributed by atoms with Gasteiger partial charge in [0.2, 0.25) is 5.91 Å². The van der Waals surface area contributed by atoms with E-state index in [2.05, 4.69) is 10.6 Å². The minimum absolute atomic E-state index is 0.0477. The Kier molecular flexibility index (Phi) is 7.09. The summed E-state index contributed by atoms with van der Waals surface area (Å²) in [7, 11) is 0. The average molecular weight is 297 g/mol. The van der Waals surface area contributed by atoms with Crippen LogP contribution in [-0.2, 0) is 10.7 Å². The van der Waals surface area contributed by atoms with Gasteiger partial charge in [0.1, 0.15) is 0 Å². The molecule has 0 spiro atoms. The maximum Gasteiger partial charge on any atom is 0.251 e. The Morgan fingerprint density at radius 1 is 1.25 bits per heavy atom. The number of amides is 2. The molecule has 0 bridgehead atoms. The van der Waals surface area contributed by atoms with E-state index >= 15 is 0 Å².